The molecule has 0 unspecified atom stereocenters. The number of hydrogen-bond donors (Lipinski definition) is 1. The number of hydrogen-bond acceptors (Lipinski definition) is 4. The molecule has 0 aliphatic carbocycles. The summed E-state index contributed by atoms with van der Waals surface area (Å²) in [6, 6.07) is 10.2. The fourth-order valence-corrected chi connectivity index (χ4v) is 3.40. The summed E-state index contributed by atoms with van der Waals surface area (Å²) in [5, 5.41) is 0.914. The Morgan fingerprint density at radius 3 is 2.84 bits per heavy atom. The maximum atomic E-state index is 13.3. The summed E-state index contributed by atoms with van der Waals surface area (Å²) in [4.78, 5) is 7.39. The molecular formula is C18H15FN2O3S. The molecule has 0 saturated heterocycles. The van der Waals surface area contributed by atoms with Crippen molar-refractivity contribution >= 4 is 31.8 Å². The molecule has 2 aromatic carbocycles. The van der Waals surface area contributed by atoms with Crippen LogP contribution in [0.25, 0.3) is 33.1 Å². The molecule has 4 aromatic rings. The molecule has 0 aliphatic heterocycles. The second-order valence-electron chi connectivity index (χ2n) is 6.06. The summed E-state index contributed by atoms with van der Waals surface area (Å²) in [5.41, 5.74) is 3.85. The van der Waals surface area contributed by atoms with E-state index in [1.54, 1.807) is 6.07 Å². The van der Waals surface area contributed by atoms with Gasteiger partial charge >= 0.3 is 0 Å². The summed E-state index contributed by atoms with van der Waals surface area (Å²) in [6.07, 6.45) is 3.26. The van der Waals surface area contributed by atoms with Gasteiger partial charge in [-0.05, 0) is 35.9 Å². The van der Waals surface area contributed by atoms with E-state index in [0.29, 0.717) is 17.0 Å². The third-order valence-electron chi connectivity index (χ3n) is 4.07. The highest BCUT2D eigenvalue weighted by atomic mass is 32.2. The Morgan fingerprint density at radius 2 is 2.04 bits per heavy atom. The van der Waals surface area contributed by atoms with Gasteiger partial charge in [0.1, 0.15) is 21.2 Å². The van der Waals surface area contributed by atoms with Crippen LogP contribution in [0.1, 0.15) is 5.89 Å². The highest BCUT2D eigenvalue weighted by molar-refractivity contribution is 7.90. The van der Waals surface area contributed by atoms with Crippen LogP contribution < -0.4 is 0 Å². The smallest absolute Gasteiger partial charge is 0.196 e. The van der Waals surface area contributed by atoms with Gasteiger partial charge in [0, 0.05) is 35.3 Å². The van der Waals surface area contributed by atoms with E-state index in [1.165, 1.54) is 18.4 Å². The second-order valence-corrected chi connectivity index (χ2v) is 8.32. The average molecular weight is 358 g/mol. The van der Waals surface area contributed by atoms with E-state index < -0.39 is 9.84 Å². The fourth-order valence-electron chi connectivity index (χ4n) is 2.86. The van der Waals surface area contributed by atoms with Crippen molar-refractivity contribution in [2.75, 3.05) is 12.0 Å². The van der Waals surface area contributed by atoms with Crippen LogP contribution in [0.2, 0.25) is 0 Å². The van der Waals surface area contributed by atoms with Gasteiger partial charge in [-0.15, -0.1) is 0 Å². The van der Waals surface area contributed by atoms with Gasteiger partial charge in [0.2, 0.25) is 0 Å². The maximum absolute atomic E-state index is 13.3. The predicted octanol–water partition coefficient (Wildman–Crippen LogP) is 3.70. The van der Waals surface area contributed by atoms with Gasteiger partial charge in [0.05, 0.1) is 5.75 Å². The summed E-state index contributed by atoms with van der Waals surface area (Å²) < 4.78 is 41.6. The molecule has 0 saturated carbocycles. The highest BCUT2D eigenvalue weighted by Crippen LogP contribution is 2.31. The summed E-state index contributed by atoms with van der Waals surface area (Å²) >= 11 is 0. The number of aromatic amines is 1. The Kier molecular flexibility index (Phi) is 3.61. The first kappa shape index (κ1) is 15.8. The number of sulfone groups is 1. The standard InChI is InChI=1S/C18H15FN2O3S/c1-25(22,23)7-6-18-21-15-5-2-11(8-17(15)24-18)14-10-20-16-9-12(19)3-4-13(14)16/h2-5,8-10,20H,6-7H2,1H3. The number of halogens is 1. The lowest BCUT2D eigenvalue weighted by atomic mass is 10.0. The van der Waals surface area contributed by atoms with Gasteiger partial charge in [-0.1, -0.05) is 6.07 Å². The first-order valence-corrected chi connectivity index (χ1v) is 9.79. The number of nitrogens with one attached hydrogen (secondary N) is 1. The number of benzene rings is 2. The average Bonchev–Trinajstić information content (AvgIpc) is 3.14. The van der Waals surface area contributed by atoms with E-state index in [1.807, 2.05) is 24.4 Å². The van der Waals surface area contributed by atoms with Crippen LogP contribution in [-0.4, -0.2) is 30.4 Å². The molecule has 0 spiro atoms. The summed E-state index contributed by atoms with van der Waals surface area (Å²) in [6.45, 7) is 0. The molecule has 5 nitrogen and oxygen atoms in total. The molecule has 25 heavy (non-hydrogen) atoms. The van der Waals surface area contributed by atoms with Gasteiger partial charge in [0.15, 0.2) is 11.5 Å². The highest BCUT2D eigenvalue weighted by Gasteiger charge is 2.12. The molecule has 2 aromatic heterocycles. The largest absolute Gasteiger partial charge is 0.441 e. The minimum atomic E-state index is -3.07. The number of fused-ring (bicyclic) bond motifs is 2. The number of aryl methyl sites for hydroxylation is 1. The fraction of sp³-hybridized carbons (Fsp3) is 0.167. The monoisotopic (exact) mass is 358 g/mol. The van der Waals surface area contributed by atoms with Crippen molar-refractivity contribution in [3.05, 3.63) is 54.3 Å². The van der Waals surface area contributed by atoms with E-state index >= 15 is 0 Å². The van der Waals surface area contributed by atoms with Gasteiger partial charge < -0.3 is 9.40 Å². The molecule has 0 amide bonds. The minimum absolute atomic E-state index is 0.000686. The predicted molar refractivity (Wildman–Crippen MR) is 94.7 cm³/mol. The van der Waals surface area contributed by atoms with Crippen LogP contribution in [0.4, 0.5) is 4.39 Å². The number of H-pyrrole nitrogens is 1. The third kappa shape index (κ3) is 3.15. The van der Waals surface area contributed by atoms with E-state index in [0.717, 1.165) is 22.0 Å². The zero-order valence-electron chi connectivity index (χ0n) is 13.4. The van der Waals surface area contributed by atoms with E-state index in [-0.39, 0.29) is 18.0 Å². The molecular weight excluding hydrogens is 343 g/mol. The van der Waals surface area contributed by atoms with Gasteiger partial charge in [-0.2, -0.15) is 0 Å². The zero-order valence-corrected chi connectivity index (χ0v) is 14.2. The Morgan fingerprint density at radius 1 is 1.20 bits per heavy atom. The summed E-state index contributed by atoms with van der Waals surface area (Å²) in [5.74, 6) is 0.112. The van der Waals surface area contributed by atoms with Gasteiger partial charge in [-0.3, -0.25) is 0 Å². The third-order valence-corrected chi connectivity index (χ3v) is 5.02. The maximum Gasteiger partial charge on any atom is 0.196 e. The molecule has 0 atom stereocenters. The SMILES string of the molecule is CS(=O)(=O)CCc1nc2ccc(-c3c[nH]c4cc(F)ccc34)cc2o1. The van der Waals surface area contributed by atoms with Crippen LogP contribution >= 0.6 is 0 Å². The van der Waals surface area contributed by atoms with Crippen molar-refractivity contribution in [2.24, 2.45) is 0 Å². The van der Waals surface area contributed by atoms with Crippen molar-refractivity contribution < 1.29 is 17.2 Å². The lowest BCUT2D eigenvalue weighted by Gasteiger charge is -1.99. The van der Waals surface area contributed by atoms with Gasteiger partial charge in [-0.25, -0.2) is 17.8 Å². The Hall–Kier alpha value is -2.67. The Bertz CT molecular complexity index is 1190. The van der Waals surface area contributed by atoms with Crippen molar-refractivity contribution in [3.63, 3.8) is 0 Å². The minimum Gasteiger partial charge on any atom is -0.441 e. The molecule has 128 valence electrons. The number of nitrogens with zero attached hydrogens (tertiary/aromatic N) is 1. The van der Waals surface area contributed by atoms with E-state index in [9.17, 15) is 12.8 Å². The van der Waals surface area contributed by atoms with Gasteiger partial charge in [0.25, 0.3) is 0 Å². The van der Waals surface area contributed by atoms with E-state index in [4.69, 9.17) is 4.42 Å². The van der Waals surface area contributed by atoms with Crippen molar-refractivity contribution in [1.29, 1.82) is 0 Å². The number of rotatable bonds is 4. The molecule has 4 rings (SSSR count). The first-order chi connectivity index (χ1) is 11.9. The Labute approximate surface area is 143 Å². The quantitative estimate of drug-likeness (QED) is 0.603. The summed E-state index contributed by atoms with van der Waals surface area (Å²) in [7, 11) is -3.07. The molecule has 0 aliphatic rings. The molecule has 0 radical (unpaired) electrons. The van der Waals surface area contributed by atoms with Crippen molar-refractivity contribution in [1.82, 2.24) is 9.97 Å². The lowest BCUT2D eigenvalue weighted by Crippen LogP contribution is -2.05. The molecule has 7 heteroatoms. The van der Waals surface area contributed by atoms with Crippen LogP contribution in [0, 0.1) is 5.82 Å². The number of aromatic nitrogens is 2. The zero-order chi connectivity index (χ0) is 17.6. The van der Waals surface area contributed by atoms with Crippen LogP contribution in [0.15, 0.2) is 47.0 Å². The number of oxazole rings is 1. The molecule has 0 fully saturated rings. The molecule has 2 heterocycles. The van der Waals surface area contributed by atoms with Crippen molar-refractivity contribution in [3.8, 4) is 11.1 Å². The van der Waals surface area contributed by atoms with Crippen LogP contribution in [0.5, 0.6) is 0 Å². The first-order valence-electron chi connectivity index (χ1n) is 7.73. The van der Waals surface area contributed by atoms with Crippen LogP contribution in [-0.2, 0) is 16.3 Å². The molecule has 0 bridgehead atoms. The topological polar surface area (TPSA) is 76.0 Å². The normalized spacial score (nSPS) is 12.2. The van der Waals surface area contributed by atoms with Crippen molar-refractivity contribution in [2.45, 2.75) is 6.42 Å². The Balaban J connectivity index is 1.73. The van der Waals surface area contributed by atoms with E-state index in [2.05, 4.69) is 9.97 Å². The second kappa shape index (κ2) is 5.70. The van der Waals surface area contributed by atoms with Crippen LogP contribution in [0.3, 0.4) is 0 Å². The molecule has 1 N–H and O–H groups in total. The lowest BCUT2D eigenvalue weighted by molar-refractivity contribution is 0.534.